The van der Waals surface area contributed by atoms with Gasteiger partial charge < -0.3 is 4.98 Å². The molecular formula is C10H9NO. The molecule has 0 saturated heterocycles. The summed E-state index contributed by atoms with van der Waals surface area (Å²) in [7, 11) is 0. The van der Waals surface area contributed by atoms with Gasteiger partial charge in [0.15, 0.2) is 5.78 Å². The Labute approximate surface area is 70.2 Å². The number of carbonyl (C=O) groups excluding carboxylic acids is 1. The Bertz CT molecular complexity index is 428. The van der Waals surface area contributed by atoms with Crippen molar-refractivity contribution in [3.63, 3.8) is 0 Å². The summed E-state index contributed by atoms with van der Waals surface area (Å²) < 4.78 is 0. The van der Waals surface area contributed by atoms with Gasteiger partial charge in [-0.25, -0.2) is 0 Å². The first-order chi connectivity index (χ1) is 5.77. The van der Waals surface area contributed by atoms with Gasteiger partial charge in [0.1, 0.15) is 0 Å². The van der Waals surface area contributed by atoms with Crippen LogP contribution in [0.15, 0.2) is 30.6 Å². The predicted octanol–water partition coefficient (Wildman–Crippen LogP) is 2.37. The lowest BCUT2D eigenvalue weighted by Gasteiger charge is -1.94. The standard InChI is InChI=1S/C10H9NO/c1-7(12)8-2-3-9-5-11-6-10(9)4-8/h2-6,11H,1H3. The average Bonchev–Trinajstić information content (AvgIpc) is 2.49. The maximum absolute atomic E-state index is 11.0. The van der Waals surface area contributed by atoms with E-state index < -0.39 is 0 Å². The van der Waals surface area contributed by atoms with Gasteiger partial charge in [0.2, 0.25) is 0 Å². The molecule has 1 aromatic heterocycles. The van der Waals surface area contributed by atoms with Crippen LogP contribution in [0.4, 0.5) is 0 Å². The number of hydrogen-bond donors (Lipinski definition) is 1. The molecule has 0 saturated carbocycles. The zero-order chi connectivity index (χ0) is 8.55. The van der Waals surface area contributed by atoms with Crippen LogP contribution in [-0.2, 0) is 0 Å². The molecule has 0 unspecified atom stereocenters. The highest BCUT2D eigenvalue weighted by molar-refractivity contribution is 5.98. The minimum absolute atomic E-state index is 0.109. The van der Waals surface area contributed by atoms with Crippen molar-refractivity contribution in [2.75, 3.05) is 0 Å². The predicted molar refractivity (Wildman–Crippen MR) is 48.3 cm³/mol. The highest BCUT2D eigenvalue weighted by Gasteiger charge is 1.99. The fraction of sp³-hybridized carbons (Fsp3) is 0.100. The summed E-state index contributed by atoms with van der Waals surface area (Å²) in [6.45, 7) is 1.58. The van der Waals surface area contributed by atoms with Gasteiger partial charge in [-0.05, 0) is 23.8 Å². The van der Waals surface area contributed by atoms with Crippen LogP contribution in [-0.4, -0.2) is 10.8 Å². The van der Waals surface area contributed by atoms with E-state index >= 15 is 0 Å². The Morgan fingerprint density at radius 2 is 2.00 bits per heavy atom. The van der Waals surface area contributed by atoms with Crippen molar-refractivity contribution < 1.29 is 4.79 Å². The molecule has 0 aliphatic carbocycles. The quantitative estimate of drug-likeness (QED) is 0.636. The van der Waals surface area contributed by atoms with Crippen LogP contribution in [0.2, 0.25) is 0 Å². The van der Waals surface area contributed by atoms with Crippen molar-refractivity contribution in [1.82, 2.24) is 4.98 Å². The van der Waals surface area contributed by atoms with Crippen molar-refractivity contribution in [3.05, 3.63) is 36.2 Å². The third-order valence-electron chi connectivity index (χ3n) is 1.97. The molecule has 0 amide bonds. The molecule has 0 fully saturated rings. The van der Waals surface area contributed by atoms with Crippen molar-refractivity contribution >= 4 is 16.6 Å². The number of hydrogen-bond acceptors (Lipinski definition) is 1. The van der Waals surface area contributed by atoms with Gasteiger partial charge in [0.05, 0.1) is 0 Å². The zero-order valence-electron chi connectivity index (χ0n) is 6.79. The number of Topliss-reactive ketones (excluding diaryl/α,β-unsaturated/α-hetero) is 1. The second-order valence-electron chi connectivity index (χ2n) is 2.86. The summed E-state index contributed by atoms with van der Waals surface area (Å²) in [6, 6.07) is 5.69. The van der Waals surface area contributed by atoms with Crippen LogP contribution >= 0.6 is 0 Å². The summed E-state index contributed by atoms with van der Waals surface area (Å²) >= 11 is 0. The molecule has 1 aromatic carbocycles. The first-order valence-electron chi connectivity index (χ1n) is 3.85. The lowest BCUT2D eigenvalue weighted by atomic mass is 10.1. The Kier molecular flexibility index (Phi) is 1.47. The molecule has 0 radical (unpaired) electrons. The molecule has 0 aliphatic heterocycles. The van der Waals surface area contributed by atoms with Crippen LogP contribution in [0.5, 0.6) is 0 Å². The number of rotatable bonds is 1. The molecule has 60 valence electrons. The van der Waals surface area contributed by atoms with Crippen LogP contribution in [0.3, 0.4) is 0 Å². The van der Waals surface area contributed by atoms with Crippen LogP contribution < -0.4 is 0 Å². The van der Waals surface area contributed by atoms with Gasteiger partial charge in [-0.1, -0.05) is 12.1 Å². The van der Waals surface area contributed by atoms with Crippen LogP contribution in [0.25, 0.3) is 10.8 Å². The number of fused-ring (bicyclic) bond motifs is 1. The summed E-state index contributed by atoms with van der Waals surface area (Å²) in [5.74, 6) is 0.109. The van der Waals surface area contributed by atoms with Gasteiger partial charge in [-0.3, -0.25) is 4.79 Å². The van der Waals surface area contributed by atoms with Crippen molar-refractivity contribution in [1.29, 1.82) is 0 Å². The highest BCUT2D eigenvalue weighted by atomic mass is 16.1. The maximum atomic E-state index is 11.0. The Balaban J connectivity index is 2.68. The minimum atomic E-state index is 0.109. The Morgan fingerprint density at radius 1 is 1.25 bits per heavy atom. The molecule has 1 heterocycles. The van der Waals surface area contributed by atoms with Crippen LogP contribution in [0.1, 0.15) is 17.3 Å². The molecule has 2 aromatic rings. The SMILES string of the molecule is CC(=O)c1ccc2c[nH]cc2c1. The van der Waals surface area contributed by atoms with E-state index in [4.69, 9.17) is 0 Å². The van der Waals surface area contributed by atoms with E-state index in [0.29, 0.717) is 0 Å². The molecule has 2 rings (SSSR count). The van der Waals surface area contributed by atoms with E-state index in [1.54, 1.807) is 6.92 Å². The van der Waals surface area contributed by atoms with Gasteiger partial charge in [0, 0.05) is 18.0 Å². The molecule has 0 spiro atoms. The molecule has 0 aliphatic rings. The van der Waals surface area contributed by atoms with E-state index in [2.05, 4.69) is 4.98 Å². The number of benzene rings is 1. The molecule has 0 bridgehead atoms. The lowest BCUT2D eigenvalue weighted by Crippen LogP contribution is -1.89. The number of ketones is 1. The second-order valence-corrected chi connectivity index (χ2v) is 2.86. The molecule has 0 atom stereocenters. The summed E-state index contributed by atoms with van der Waals surface area (Å²) in [5, 5.41) is 2.22. The van der Waals surface area contributed by atoms with E-state index in [0.717, 1.165) is 16.3 Å². The van der Waals surface area contributed by atoms with Gasteiger partial charge in [0.25, 0.3) is 0 Å². The Morgan fingerprint density at radius 3 is 2.75 bits per heavy atom. The average molecular weight is 159 g/mol. The van der Waals surface area contributed by atoms with Crippen LogP contribution in [0, 0.1) is 0 Å². The third kappa shape index (κ3) is 1.01. The highest BCUT2D eigenvalue weighted by Crippen LogP contribution is 2.15. The van der Waals surface area contributed by atoms with E-state index in [-0.39, 0.29) is 5.78 Å². The van der Waals surface area contributed by atoms with E-state index in [9.17, 15) is 4.79 Å². The van der Waals surface area contributed by atoms with Gasteiger partial charge >= 0.3 is 0 Å². The topological polar surface area (TPSA) is 32.9 Å². The van der Waals surface area contributed by atoms with E-state index in [1.807, 2.05) is 30.6 Å². The molecular weight excluding hydrogens is 150 g/mol. The van der Waals surface area contributed by atoms with Crippen molar-refractivity contribution in [2.24, 2.45) is 0 Å². The van der Waals surface area contributed by atoms with Crippen molar-refractivity contribution in [2.45, 2.75) is 6.92 Å². The van der Waals surface area contributed by atoms with E-state index in [1.165, 1.54) is 0 Å². The zero-order valence-corrected chi connectivity index (χ0v) is 6.79. The maximum Gasteiger partial charge on any atom is 0.159 e. The molecule has 12 heavy (non-hydrogen) atoms. The monoisotopic (exact) mass is 159 g/mol. The number of H-pyrrole nitrogens is 1. The number of aromatic amines is 1. The smallest absolute Gasteiger partial charge is 0.159 e. The van der Waals surface area contributed by atoms with Crippen molar-refractivity contribution in [3.8, 4) is 0 Å². The Hall–Kier alpha value is -1.57. The lowest BCUT2D eigenvalue weighted by molar-refractivity contribution is 0.101. The molecule has 2 nitrogen and oxygen atoms in total. The first kappa shape index (κ1) is 7.10. The first-order valence-corrected chi connectivity index (χ1v) is 3.85. The largest absolute Gasteiger partial charge is 0.366 e. The fourth-order valence-corrected chi connectivity index (χ4v) is 1.27. The van der Waals surface area contributed by atoms with Gasteiger partial charge in [-0.15, -0.1) is 0 Å². The molecule has 2 heteroatoms. The third-order valence-corrected chi connectivity index (χ3v) is 1.97. The number of carbonyl (C=O) groups is 1. The number of nitrogens with one attached hydrogen (secondary N) is 1. The summed E-state index contributed by atoms with van der Waals surface area (Å²) in [5.41, 5.74) is 0.766. The molecule has 1 N–H and O–H groups in total. The minimum Gasteiger partial charge on any atom is -0.366 e. The normalized spacial score (nSPS) is 10.4. The number of aromatic nitrogens is 1. The fourth-order valence-electron chi connectivity index (χ4n) is 1.27. The summed E-state index contributed by atoms with van der Waals surface area (Å²) in [6.07, 6.45) is 3.81. The summed E-state index contributed by atoms with van der Waals surface area (Å²) in [4.78, 5) is 14.0. The van der Waals surface area contributed by atoms with Gasteiger partial charge in [-0.2, -0.15) is 0 Å². The second kappa shape index (κ2) is 2.48.